The molecule has 1 atom stereocenters. The predicted octanol–water partition coefficient (Wildman–Crippen LogP) is 5.75. The van der Waals surface area contributed by atoms with Crippen LogP contribution in [0.25, 0.3) is 11.1 Å². The Balaban J connectivity index is 1.93. The van der Waals surface area contributed by atoms with Crippen LogP contribution in [0.5, 0.6) is 0 Å². The molecule has 0 saturated heterocycles. The number of halogens is 1. The summed E-state index contributed by atoms with van der Waals surface area (Å²) in [6.45, 7) is 3.47. The SMILES string of the molecule is CCOC(=O)C1(C(C)=O)Cc2c(Br)cc(-c3ccccc3)c(C#Cc3ccccc3)c2C1. The summed E-state index contributed by atoms with van der Waals surface area (Å²) in [5, 5.41) is 0. The van der Waals surface area contributed by atoms with Crippen molar-refractivity contribution in [3.05, 3.63) is 93.5 Å². The van der Waals surface area contributed by atoms with Gasteiger partial charge >= 0.3 is 5.97 Å². The molecule has 32 heavy (non-hydrogen) atoms. The highest BCUT2D eigenvalue weighted by Gasteiger charge is 2.50. The Morgan fingerprint density at radius 1 is 0.969 bits per heavy atom. The molecule has 0 aromatic heterocycles. The van der Waals surface area contributed by atoms with E-state index >= 15 is 0 Å². The molecule has 160 valence electrons. The van der Waals surface area contributed by atoms with Crippen molar-refractivity contribution in [2.75, 3.05) is 6.61 Å². The van der Waals surface area contributed by atoms with Gasteiger partial charge in [-0.15, -0.1) is 0 Å². The Bertz CT molecular complexity index is 1240. The lowest BCUT2D eigenvalue weighted by atomic mass is 9.80. The van der Waals surface area contributed by atoms with Crippen LogP contribution >= 0.6 is 15.9 Å². The minimum absolute atomic E-state index is 0.178. The minimum Gasteiger partial charge on any atom is -0.465 e. The van der Waals surface area contributed by atoms with Gasteiger partial charge in [0.05, 0.1) is 6.61 Å². The molecule has 3 aromatic carbocycles. The first kappa shape index (κ1) is 22.0. The maximum absolute atomic E-state index is 12.9. The van der Waals surface area contributed by atoms with Crippen molar-refractivity contribution < 1.29 is 14.3 Å². The second-order valence-corrected chi connectivity index (χ2v) is 8.79. The van der Waals surface area contributed by atoms with Crippen LogP contribution in [0.2, 0.25) is 0 Å². The van der Waals surface area contributed by atoms with Crippen LogP contribution in [0, 0.1) is 17.3 Å². The fourth-order valence-corrected chi connectivity index (χ4v) is 4.85. The summed E-state index contributed by atoms with van der Waals surface area (Å²) in [6.07, 6.45) is 0.598. The molecule has 1 unspecified atom stereocenters. The molecule has 4 heteroatoms. The third kappa shape index (κ3) is 4.01. The van der Waals surface area contributed by atoms with E-state index in [1.807, 2.05) is 66.7 Å². The van der Waals surface area contributed by atoms with Gasteiger partial charge in [0, 0.05) is 15.6 Å². The number of fused-ring (bicyclic) bond motifs is 1. The Hall–Kier alpha value is -3.16. The van der Waals surface area contributed by atoms with E-state index < -0.39 is 11.4 Å². The number of hydrogen-bond donors (Lipinski definition) is 0. The standard InChI is InChI=1S/C28H23BrO3/c1-3-32-27(31)28(19(2)30)17-24-22(15-14-20-10-6-4-7-11-20)23(16-26(29)25(24)18-28)21-12-8-5-9-13-21/h4-13,16H,3,17-18H2,1-2H3. The average molecular weight is 487 g/mol. The van der Waals surface area contributed by atoms with Crippen molar-refractivity contribution in [1.82, 2.24) is 0 Å². The maximum atomic E-state index is 12.9. The fraction of sp³-hybridized carbons (Fsp3) is 0.214. The Morgan fingerprint density at radius 3 is 2.22 bits per heavy atom. The van der Waals surface area contributed by atoms with Crippen LogP contribution < -0.4 is 0 Å². The Kier molecular flexibility index (Phi) is 6.30. The van der Waals surface area contributed by atoms with Gasteiger partial charge in [-0.25, -0.2) is 0 Å². The highest BCUT2D eigenvalue weighted by molar-refractivity contribution is 9.10. The molecule has 0 amide bonds. The number of benzene rings is 3. The molecule has 4 rings (SSSR count). The molecule has 0 fully saturated rings. The van der Waals surface area contributed by atoms with Gasteiger partial charge in [0.1, 0.15) is 11.2 Å². The summed E-state index contributed by atoms with van der Waals surface area (Å²) in [5.41, 5.74) is 4.44. The monoisotopic (exact) mass is 486 g/mol. The number of ether oxygens (including phenoxy) is 1. The highest BCUT2D eigenvalue weighted by Crippen LogP contribution is 2.46. The lowest BCUT2D eigenvalue weighted by Gasteiger charge is -2.23. The minimum atomic E-state index is -1.21. The van der Waals surface area contributed by atoms with Crippen molar-refractivity contribution in [3.8, 4) is 23.0 Å². The first-order valence-electron chi connectivity index (χ1n) is 10.6. The van der Waals surface area contributed by atoms with E-state index in [9.17, 15) is 9.59 Å². The third-order valence-electron chi connectivity index (χ3n) is 5.98. The first-order valence-corrected chi connectivity index (χ1v) is 11.4. The topological polar surface area (TPSA) is 43.4 Å². The largest absolute Gasteiger partial charge is 0.465 e. The van der Waals surface area contributed by atoms with Crippen molar-refractivity contribution in [1.29, 1.82) is 0 Å². The molecule has 0 saturated carbocycles. The smallest absolute Gasteiger partial charge is 0.320 e. The number of Topliss-reactive ketones (excluding diaryl/α,β-unsaturated/α-hetero) is 1. The van der Waals surface area contributed by atoms with Gasteiger partial charge in [-0.3, -0.25) is 9.59 Å². The van der Waals surface area contributed by atoms with Crippen LogP contribution in [-0.4, -0.2) is 18.4 Å². The number of hydrogen-bond acceptors (Lipinski definition) is 3. The lowest BCUT2D eigenvalue weighted by molar-refractivity contribution is -0.159. The zero-order chi connectivity index (χ0) is 22.7. The van der Waals surface area contributed by atoms with E-state index in [1.165, 1.54) is 6.92 Å². The molecular weight excluding hydrogens is 464 g/mol. The van der Waals surface area contributed by atoms with E-state index in [-0.39, 0.29) is 18.8 Å². The molecule has 1 aliphatic rings. The van der Waals surface area contributed by atoms with E-state index in [0.717, 1.165) is 37.9 Å². The predicted molar refractivity (Wildman–Crippen MR) is 129 cm³/mol. The van der Waals surface area contributed by atoms with Crippen molar-refractivity contribution in [2.24, 2.45) is 5.41 Å². The van der Waals surface area contributed by atoms with E-state index in [2.05, 4.69) is 27.8 Å². The van der Waals surface area contributed by atoms with Crippen LogP contribution in [-0.2, 0) is 27.2 Å². The van der Waals surface area contributed by atoms with Crippen LogP contribution in [0.1, 0.15) is 36.1 Å². The van der Waals surface area contributed by atoms with Gasteiger partial charge in [0.25, 0.3) is 0 Å². The summed E-state index contributed by atoms with van der Waals surface area (Å²) in [4.78, 5) is 25.7. The van der Waals surface area contributed by atoms with Crippen LogP contribution in [0.15, 0.2) is 71.2 Å². The van der Waals surface area contributed by atoms with E-state index in [1.54, 1.807) is 6.92 Å². The van der Waals surface area contributed by atoms with E-state index in [0.29, 0.717) is 6.42 Å². The summed E-state index contributed by atoms with van der Waals surface area (Å²) < 4.78 is 6.21. The average Bonchev–Trinajstić information content (AvgIpc) is 3.23. The molecule has 0 heterocycles. The molecule has 0 spiro atoms. The molecule has 1 aliphatic carbocycles. The number of carbonyl (C=O) groups excluding carboxylic acids is 2. The quantitative estimate of drug-likeness (QED) is 0.267. The van der Waals surface area contributed by atoms with Crippen LogP contribution in [0.4, 0.5) is 0 Å². The first-order chi connectivity index (χ1) is 15.5. The van der Waals surface area contributed by atoms with Gasteiger partial charge in [0.2, 0.25) is 0 Å². The van der Waals surface area contributed by atoms with Gasteiger partial charge in [-0.1, -0.05) is 76.3 Å². The van der Waals surface area contributed by atoms with Gasteiger partial charge in [0.15, 0.2) is 0 Å². The summed E-state index contributed by atoms with van der Waals surface area (Å²) in [5.74, 6) is 6.00. The summed E-state index contributed by atoms with van der Waals surface area (Å²) in [7, 11) is 0. The number of ketones is 1. The number of carbonyl (C=O) groups is 2. The van der Waals surface area contributed by atoms with Gasteiger partial charge in [-0.2, -0.15) is 0 Å². The zero-order valence-electron chi connectivity index (χ0n) is 18.1. The molecule has 0 radical (unpaired) electrons. The third-order valence-corrected chi connectivity index (χ3v) is 6.69. The fourth-order valence-electron chi connectivity index (χ4n) is 4.25. The van der Waals surface area contributed by atoms with Crippen molar-refractivity contribution in [2.45, 2.75) is 26.7 Å². The second-order valence-electron chi connectivity index (χ2n) is 7.93. The van der Waals surface area contributed by atoms with Crippen molar-refractivity contribution in [3.63, 3.8) is 0 Å². The summed E-state index contributed by atoms with van der Waals surface area (Å²) in [6, 6.07) is 21.9. The van der Waals surface area contributed by atoms with Crippen molar-refractivity contribution >= 4 is 27.7 Å². The van der Waals surface area contributed by atoms with Gasteiger partial charge < -0.3 is 4.74 Å². The Morgan fingerprint density at radius 2 is 1.59 bits per heavy atom. The lowest BCUT2D eigenvalue weighted by Crippen LogP contribution is -2.40. The molecule has 0 aliphatic heterocycles. The van der Waals surface area contributed by atoms with E-state index in [4.69, 9.17) is 4.74 Å². The maximum Gasteiger partial charge on any atom is 0.320 e. The highest BCUT2D eigenvalue weighted by atomic mass is 79.9. The zero-order valence-corrected chi connectivity index (χ0v) is 19.7. The number of esters is 1. The number of rotatable bonds is 4. The second kappa shape index (κ2) is 9.14. The Labute approximate surface area is 196 Å². The molecular formula is C28H23BrO3. The summed E-state index contributed by atoms with van der Waals surface area (Å²) >= 11 is 3.70. The normalized spacial score (nSPS) is 16.6. The molecule has 0 N–H and O–H groups in total. The van der Waals surface area contributed by atoms with Crippen LogP contribution in [0.3, 0.4) is 0 Å². The molecule has 3 nitrogen and oxygen atoms in total. The molecule has 3 aromatic rings. The van der Waals surface area contributed by atoms with Gasteiger partial charge in [-0.05, 0) is 67.1 Å². The molecule has 0 bridgehead atoms.